The van der Waals surface area contributed by atoms with E-state index in [1.807, 2.05) is 13.8 Å². The topological polar surface area (TPSA) is 74.8 Å². The van der Waals surface area contributed by atoms with Crippen LogP contribution in [0, 0.1) is 5.92 Å². The van der Waals surface area contributed by atoms with Crippen LogP contribution >= 0.6 is 0 Å². The van der Waals surface area contributed by atoms with Gasteiger partial charge in [-0.15, -0.1) is 0 Å². The molecule has 2 aliphatic heterocycles. The molecule has 2 heterocycles. The highest BCUT2D eigenvalue weighted by atomic mass is 32.2. The molecule has 0 saturated carbocycles. The fraction of sp³-hybridized carbons (Fsp3) is 0.667. The van der Waals surface area contributed by atoms with Gasteiger partial charge < -0.3 is 0 Å². The van der Waals surface area contributed by atoms with E-state index in [0.29, 0.717) is 44.1 Å². The summed E-state index contributed by atoms with van der Waals surface area (Å²) in [5.41, 5.74) is 1.43. The van der Waals surface area contributed by atoms with Crippen LogP contribution in [0.1, 0.15) is 45.1 Å². The van der Waals surface area contributed by atoms with Gasteiger partial charge in [-0.05, 0) is 55.4 Å². The Balaban J connectivity index is 1.84. The van der Waals surface area contributed by atoms with E-state index in [1.54, 1.807) is 22.5 Å². The summed E-state index contributed by atoms with van der Waals surface area (Å²) in [5, 5.41) is 0. The third kappa shape index (κ3) is 3.92. The lowest BCUT2D eigenvalue weighted by atomic mass is 10.2. The molecular formula is C18H28N2O4S2. The van der Waals surface area contributed by atoms with Crippen LogP contribution in [0.4, 0.5) is 5.69 Å². The molecule has 1 fully saturated rings. The quantitative estimate of drug-likeness (QED) is 0.736. The molecule has 0 aliphatic carbocycles. The Morgan fingerprint density at radius 2 is 1.69 bits per heavy atom. The van der Waals surface area contributed by atoms with Crippen molar-refractivity contribution in [2.24, 2.45) is 5.92 Å². The Bertz CT molecular complexity index is 857. The van der Waals surface area contributed by atoms with Gasteiger partial charge in [-0.2, -0.15) is 4.31 Å². The minimum Gasteiger partial charge on any atom is -0.270 e. The number of sulfonamides is 2. The Morgan fingerprint density at radius 1 is 1.00 bits per heavy atom. The molecule has 0 spiro atoms. The van der Waals surface area contributed by atoms with E-state index in [9.17, 15) is 16.8 Å². The summed E-state index contributed by atoms with van der Waals surface area (Å²) in [5.74, 6) is 0.446. The Labute approximate surface area is 157 Å². The van der Waals surface area contributed by atoms with Gasteiger partial charge >= 0.3 is 0 Å². The monoisotopic (exact) mass is 400 g/mol. The summed E-state index contributed by atoms with van der Waals surface area (Å²) in [6, 6.07) is 4.88. The number of rotatable bonds is 6. The van der Waals surface area contributed by atoms with Crippen molar-refractivity contribution < 1.29 is 16.8 Å². The summed E-state index contributed by atoms with van der Waals surface area (Å²) in [6.07, 6.45) is 4.03. The molecule has 26 heavy (non-hydrogen) atoms. The molecule has 1 aromatic carbocycles. The molecule has 0 amide bonds. The fourth-order valence-corrected chi connectivity index (χ4v) is 6.95. The lowest BCUT2D eigenvalue weighted by Gasteiger charge is -2.26. The van der Waals surface area contributed by atoms with Crippen LogP contribution in [0.3, 0.4) is 0 Å². The van der Waals surface area contributed by atoms with E-state index in [0.717, 1.165) is 24.8 Å². The van der Waals surface area contributed by atoms with Crippen molar-refractivity contribution in [2.75, 3.05) is 29.7 Å². The highest BCUT2D eigenvalue weighted by Gasteiger charge is 2.32. The molecule has 3 rings (SSSR count). The van der Waals surface area contributed by atoms with Gasteiger partial charge in [0, 0.05) is 19.6 Å². The highest BCUT2D eigenvalue weighted by Crippen LogP contribution is 2.33. The first-order valence-electron chi connectivity index (χ1n) is 9.35. The number of anilines is 1. The van der Waals surface area contributed by atoms with Gasteiger partial charge in [0.25, 0.3) is 0 Å². The van der Waals surface area contributed by atoms with Crippen LogP contribution in [0.5, 0.6) is 0 Å². The molecular weight excluding hydrogens is 372 g/mol. The van der Waals surface area contributed by atoms with Crippen LogP contribution in [0.25, 0.3) is 0 Å². The van der Waals surface area contributed by atoms with Crippen molar-refractivity contribution in [1.29, 1.82) is 0 Å². The van der Waals surface area contributed by atoms with Crippen LogP contribution in [0.2, 0.25) is 0 Å². The van der Waals surface area contributed by atoms with Crippen LogP contribution in [-0.4, -0.2) is 46.5 Å². The second kappa shape index (κ2) is 7.48. The summed E-state index contributed by atoms with van der Waals surface area (Å²) >= 11 is 0. The van der Waals surface area contributed by atoms with Gasteiger partial charge in [0.2, 0.25) is 20.0 Å². The fourth-order valence-electron chi connectivity index (χ4n) is 3.55. The van der Waals surface area contributed by atoms with E-state index in [2.05, 4.69) is 0 Å². The Hall–Kier alpha value is -1.12. The summed E-state index contributed by atoms with van der Waals surface area (Å²) in [4.78, 5) is 0.277. The number of piperidine rings is 1. The minimum atomic E-state index is -3.49. The lowest BCUT2D eigenvalue weighted by molar-refractivity contribution is 0.346. The normalized spacial score (nSPS) is 19.1. The smallest absolute Gasteiger partial charge is 0.243 e. The zero-order valence-electron chi connectivity index (χ0n) is 15.5. The predicted octanol–water partition coefficient (Wildman–Crippen LogP) is 2.60. The predicted molar refractivity (Wildman–Crippen MR) is 103 cm³/mol. The second-order valence-electron chi connectivity index (χ2n) is 7.58. The maximum Gasteiger partial charge on any atom is 0.243 e. The van der Waals surface area contributed by atoms with Gasteiger partial charge in [0.15, 0.2) is 0 Å². The molecule has 146 valence electrons. The van der Waals surface area contributed by atoms with Gasteiger partial charge in [-0.1, -0.05) is 20.3 Å². The first-order chi connectivity index (χ1) is 12.2. The van der Waals surface area contributed by atoms with E-state index in [1.165, 1.54) is 4.31 Å². The number of benzene rings is 1. The molecule has 0 bridgehead atoms. The minimum absolute atomic E-state index is 0.123. The van der Waals surface area contributed by atoms with E-state index >= 15 is 0 Å². The first-order valence-corrected chi connectivity index (χ1v) is 12.4. The third-order valence-electron chi connectivity index (χ3n) is 5.15. The standard InChI is InChI=1S/C18H28N2O4S2/c1-15(2)9-13-25(21,22)20-12-8-16-14-17(6-7-18(16)20)26(23,24)19-10-4-3-5-11-19/h6-7,14-15H,3-5,8-13H2,1-2H3. The average Bonchev–Trinajstić information content (AvgIpc) is 3.05. The lowest BCUT2D eigenvalue weighted by Crippen LogP contribution is -2.35. The van der Waals surface area contributed by atoms with Crippen molar-refractivity contribution in [3.05, 3.63) is 23.8 Å². The van der Waals surface area contributed by atoms with Crippen LogP contribution < -0.4 is 4.31 Å². The summed E-state index contributed by atoms with van der Waals surface area (Å²) in [6.45, 7) is 5.53. The number of hydrogen-bond donors (Lipinski definition) is 0. The largest absolute Gasteiger partial charge is 0.270 e. The summed E-state index contributed by atoms with van der Waals surface area (Å²) in [7, 11) is -6.86. The SMILES string of the molecule is CC(C)CCS(=O)(=O)N1CCc2cc(S(=O)(=O)N3CCCCC3)ccc21. The van der Waals surface area contributed by atoms with E-state index in [4.69, 9.17) is 0 Å². The highest BCUT2D eigenvalue weighted by molar-refractivity contribution is 7.92. The molecule has 0 radical (unpaired) electrons. The molecule has 1 saturated heterocycles. The van der Waals surface area contributed by atoms with Crippen molar-refractivity contribution in [3.8, 4) is 0 Å². The number of nitrogens with zero attached hydrogens (tertiary/aromatic N) is 2. The zero-order valence-corrected chi connectivity index (χ0v) is 17.2. The van der Waals surface area contributed by atoms with Crippen molar-refractivity contribution >= 4 is 25.7 Å². The molecule has 0 N–H and O–H groups in total. The Morgan fingerprint density at radius 3 is 2.35 bits per heavy atom. The molecule has 0 unspecified atom stereocenters. The second-order valence-corrected chi connectivity index (χ2v) is 11.5. The van der Waals surface area contributed by atoms with Crippen molar-refractivity contribution in [2.45, 2.75) is 50.8 Å². The van der Waals surface area contributed by atoms with Gasteiger partial charge in [0.1, 0.15) is 0 Å². The average molecular weight is 401 g/mol. The molecule has 0 aromatic heterocycles. The molecule has 0 atom stereocenters. The van der Waals surface area contributed by atoms with Gasteiger partial charge in [-0.25, -0.2) is 16.8 Å². The first kappa shape index (κ1) is 19.6. The van der Waals surface area contributed by atoms with Crippen molar-refractivity contribution in [3.63, 3.8) is 0 Å². The Kier molecular flexibility index (Phi) is 5.65. The van der Waals surface area contributed by atoms with Crippen molar-refractivity contribution in [1.82, 2.24) is 4.31 Å². The van der Waals surface area contributed by atoms with Gasteiger partial charge in [0.05, 0.1) is 16.3 Å². The number of hydrogen-bond acceptors (Lipinski definition) is 4. The van der Waals surface area contributed by atoms with Gasteiger partial charge in [-0.3, -0.25) is 4.31 Å². The zero-order chi connectivity index (χ0) is 18.9. The summed E-state index contributed by atoms with van der Waals surface area (Å²) < 4.78 is 53.9. The van der Waals surface area contributed by atoms with Crippen LogP contribution in [-0.2, 0) is 26.5 Å². The maximum absolute atomic E-state index is 12.8. The maximum atomic E-state index is 12.8. The molecule has 6 nitrogen and oxygen atoms in total. The molecule has 1 aromatic rings. The van der Waals surface area contributed by atoms with E-state index < -0.39 is 20.0 Å². The molecule has 2 aliphatic rings. The molecule has 8 heteroatoms. The third-order valence-corrected chi connectivity index (χ3v) is 8.84. The van der Waals surface area contributed by atoms with Crippen LogP contribution in [0.15, 0.2) is 23.1 Å². The number of fused-ring (bicyclic) bond motifs is 1. The van der Waals surface area contributed by atoms with E-state index in [-0.39, 0.29) is 10.6 Å².